The van der Waals surface area contributed by atoms with Gasteiger partial charge in [-0.1, -0.05) is 37.2 Å². The molecule has 0 aromatic heterocycles. The van der Waals surface area contributed by atoms with Crippen molar-refractivity contribution in [1.82, 2.24) is 0 Å². The average Bonchev–Trinajstić information content (AvgIpc) is 2.75. The Morgan fingerprint density at radius 1 is 1.35 bits per heavy atom. The van der Waals surface area contributed by atoms with Gasteiger partial charge in [-0.15, -0.1) is 0 Å². The standard InChI is InChI=1S/C13H14ClF3N2S/c1-7(2)11-6-20-12(19-11)18-10-4-8(13(15,16)17)3-9(14)5-10/h3-5,7,11H,6H2,1-2H3,(H,18,19)/t11-/m1/s1. The van der Waals surface area contributed by atoms with Crippen LogP contribution in [-0.2, 0) is 6.18 Å². The number of nitrogens with one attached hydrogen (secondary N) is 1. The molecule has 2 rings (SSSR count). The van der Waals surface area contributed by atoms with E-state index in [4.69, 9.17) is 11.6 Å². The number of rotatable bonds is 2. The van der Waals surface area contributed by atoms with Crippen LogP contribution >= 0.6 is 23.4 Å². The molecule has 0 saturated carbocycles. The molecule has 1 N–H and O–H groups in total. The number of nitrogens with zero attached hydrogens (tertiary/aromatic N) is 1. The third-order valence-electron chi connectivity index (χ3n) is 2.92. The minimum absolute atomic E-state index is 0.0475. The molecule has 1 aliphatic heterocycles. The fraction of sp³-hybridized carbons (Fsp3) is 0.462. The van der Waals surface area contributed by atoms with E-state index in [1.807, 2.05) is 0 Å². The maximum Gasteiger partial charge on any atom is 0.416 e. The Bertz CT molecular complexity index is 529. The zero-order chi connectivity index (χ0) is 14.9. The van der Waals surface area contributed by atoms with E-state index >= 15 is 0 Å². The van der Waals surface area contributed by atoms with Gasteiger partial charge in [0.05, 0.1) is 11.6 Å². The predicted octanol–water partition coefficient (Wildman–Crippen LogP) is 4.90. The van der Waals surface area contributed by atoms with Gasteiger partial charge in [0.2, 0.25) is 0 Å². The Balaban J connectivity index is 2.18. The summed E-state index contributed by atoms with van der Waals surface area (Å²) in [7, 11) is 0. The molecular formula is C13H14ClF3N2S. The molecule has 1 aromatic rings. The molecule has 0 radical (unpaired) electrons. The molecule has 110 valence electrons. The van der Waals surface area contributed by atoms with Crippen LogP contribution in [0.1, 0.15) is 19.4 Å². The van der Waals surface area contributed by atoms with Crippen LogP contribution in [0.4, 0.5) is 18.9 Å². The number of amidine groups is 1. The van der Waals surface area contributed by atoms with Crippen molar-refractivity contribution in [2.45, 2.75) is 26.1 Å². The first-order chi connectivity index (χ1) is 9.25. The lowest BCUT2D eigenvalue weighted by Crippen LogP contribution is -2.12. The first-order valence-corrected chi connectivity index (χ1v) is 7.47. The summed E-state index contributed by atoms with van der Waals surface area (Å²) in [6, 6.07) is 3.61. The van der Waals surface area contributed by atoms with Gasteiger partial charge >= 0.3 is 6.18 Å². The van der Waals surface area contributed by atoms with E-state index in [0.29, 0.717) is 16.8 Å². The van der Waals surface area contributed by atoms with Crippen LogP contribution < -0.4 is 5.32 Å². The summed E-state index contributed by atoms with van der Waals surface area (Å²) in [4.78, 5) is 4.45. The number of hydrogen-bond donors (Lipinski definition) is 1. The third kappa shape index (κ3) is 3.82. The third-order valence-corrected chi connectivity index (χ3v) is 4.13. The SMILES string of the molecule is CC(C)[C@H]1CSC(Nc2cc(Cl)cc(C(F)(F)F)c2)=N1. The van der Waals surface area contributed by atoms with Gasteiger partial charge in [-0.3, -0.25) is 4.99 Å². The monoisotopic (exact) mass is 322 g/mol. The first-order valence-electron chi connectivity index (χ1n) is 6.11. The fourth-order valence-electron chi connectivity index (χ4n) is 1.75. The summed E-state index contributed by atoms with van der Waals surface area (Å²) in [5.74, 6) is 1.25. The van der Waals surface area contributed by atoms with E-state index < -0.39 is 11.7 Å². The number of anilines is 1. The van der Waals surface area contributed by atoms with Crippen LogP contribution in [0, 0.1) is 5.92 Å². The normalized spacial score (nSPS) is 19.4. The molecular weight excluding hydrogens is 309 g/mol. The molecule has 1 aromatic carbocycles. The van der Waals surface area contributed by atoms with Crippen LogP contribution in [-0.4, -0.2) is 17.0 Å². The topological polar surface area (TPSA) is 24.4 Å². The summed E-state index contributed by atoms with van der Waals surface area (Å²) in [6.07, 6.45) is -4.41. The second-order valence-corrected chi connectivity index (χ2v) is 6.35. The highest BCUT2D eigenvalue weighted by molar-refractivity contribution is 8.14. The highest BCUT2D eigenvalue weighted by atomic mass is 35.5. The molecule has 0 fully saturated rings. The summed E-state index contributed by atoms with van der Waals surface area (Å²) in [5, 5.41) is 3.59. The molecule has 0 bridgehead atoms. The van der Waals surface area contributed by atoms with Crippen molar-refractivity contribution in [3.8, 4) is 0 Å². The van der Waals surface area contributed by atoms with Crippen molar-refractivity contribution in [3.05, 3.63) is 28.8 Å². The van der Waals surface area contributed by atoms with E-state index in [1.54, 1.807) is 0 Å². The molecule has 0 spiro atoms. The summed E-state index contributed by atoms with van der Waals surface area (Å²) < 4.78 is 38.1. The molecule has 2 nitrogen and oxygen atoms in total. The lowest BCUT2D eigenvalue weighted by molar-refractivity contribution is -0.137. The van der Waals surface area contributed by atoms with E-state index in [-0.39, 0.29) is 11.1 Å². The van der Waals surface area contributed by atoms with Gasteiger partial charge in [-0.05, 0) is 24.1 Å². The Hall–Kier alpha value is -0.880. The van der Waals surface area contributed by atoms with Gasteiger partial charge in [0.15, 0.2) is 5.17 Å². The van der Waals surface area contributed by atoms with Crippen LogP contribution in [0.15, 0.2) is 23.2 Å². The number of halogens is 4. The van der Waals surface area contributed by atoms with Crippen LogP contribution in [0.2, 0.25) is 5.02 Å². The maximum atomic E-state index is 12.7. The van der Waals surface area contributed by atoms with Crippen LogP contribution in [0.25, 0.3) is 0 Å². The Kier molecular flexibility index (Phi) is 4.54. The van der Waals surface area contributed by atoms with Gasteiger partial charge in [0, 0.05) is 16.5 Å². The second-order valence-electron chi connectivity index (χ2n) is 4.91. The van der Waals surface area contributed by atoms with Gasteiger partial charge < -0.3 is 5.32 Å². The molecule has 0 amide bonds. The molecule has 0 saturated heterocycles. The molecule has 1 atom stereocenters. The van der Waals surface area contributed by atoms with Crippen molar-refractivity contribution in [2.24, 2.45) is 10.9 Å². The molecule has 0 unspecified atom stereocenters. The van der Waals surface area contributed by atoms with Crippen LogP contribution in [0.3, 0.4) is 0 Å². The smallest absolute Gasteiger partial charge is 0.335 e. The van der Waals surface area contributed by atoms with Crippen LogP contribution in [0.5, 0.6) is 0 Å². The molecule has 1 heterocycles. The van der Waals surface area contributed by atoms with E-state index in [2.05, 4.69) is 24.2 Å². The molecule has 1 aliphatic rings. The van der Waals surface area contributed by atoms with Gasteiger partial charge in [0.1, 0.15) is 0 Å². The second kappa shape index (κ2) is 5.85. The lowest BCUT2D eigenvalue weighted by Gasteiger charge is -2.11. The molecule has 0 aliphatic carbocycles. The zero-order valence-corrected chi connectivity index (χ0v) is 12.5. The Morgan fingerprint density at radius 3 is 2.60 bits per heavy atom. The Labute approximate surface area is 124 Å². The van der Waals surface area contributed by atoms with E-state index in [0.717, 1.165) is 17.9 Å². The zero-order valence-electron chi connectivity index (χ0n) is 11.0. The quantitative estimate of drug-likeness (QED) is 0.837. The predicted molar refractivity (Wildman–Crippen MR) is 78.6 cm³/mol. The van der Waals surface area contributed by atoms with Crippen molar-refractivity contribution in [2.75, 3.05) is 11.1 Å². The van der Waals surface area contributed by atoms with Gasteiger partial charge in [-0.2, -0.15) is 13.2 Å². The Morgan fingerprint density at radius 2 is 2.05 bits per heavy atom. The van der Waals surface area contributed by atoms with E-state index in [1.165, 1.54) is 17.8 Å². The van der Waals surface area contributed by atoms with E-state index in [9.17, 15) is 13.2 Å². The highest BCUT2D eigenvalue weighted by Gasteiger charge is 2.31. The maximum absolute atomic E-state index is 12.7. The lowest BCUT2D eigenvalue weighted by atomic mass is 10.1. The minimum Gasteiger partial charge on any atom is -0.335 e. The number of benzene rings is 1. The summed E-state index contributed by atoms with van der Waals surface area (Å²) in [5.41, 5.74) is -0.461. The molecule has 7 heteroatoms. The number of aliphatic imine (C=N–C) groups is 1. The largest absolute Gasteiger partial charge is 0.416 e. The first kappa shape index (κ1) is 15.5. The van der Waals surface area contributed by atoms with Crippen molar-refractivity contribution < 1.29 is 13.2 Å². The fourth-order valence-corrected chi connectivity index (χ4v) is 3.17. The minimum atomic E-state index is -4.41. The van der Waals surface area contributed by atoms with Gasteiger partial charge in [-0.25, -0.2) is 0 Å². The van der Waals surface area contributed by atoms with Crippen molar-refractivity contribution in [3.63, 3.8) is 0 Å². The van der Waals surface area contributed by atoms with Gasteiger partial charge in [0.25, 0.3) is 0 Å². The van der Waals surface area contributed by atoms with Crippen molar-refractivity contribution >= 4 is 34.2 Å². The highest BCUT2D eigenvalue weighted by Crippen LogP contribution is 2.34. The number of thioether (sulfide) groups is 1. The average molecular weight is 323 g/mol. The molecule has 20 heavy (non-hydrogen) atoms. The summed E-state index contributed by atoms with van der Waals surface area (Å²) in [6.45, 7) is 4.14. The van der Waals surface area contributed by atoms with Crippen molar-refractivity contribution in [1.29, 1.82) is 0 Å². The number of hydrogen-bond acceptors (Lipinski definition) is 3. The summed E-state index contributed by atoms with van der Waals surface area (Å²) >= 11 is 7.24. The number of alkyl halides is 3.